The number of benzene rings is 8. The molecule has 10 aliphatic rings. The number of fused-ring (bicyclic) bond motifs is 4. The Labute approximate surface area is 663 Å². The second-order valence-electron chi connectivity index (χ2n) is 32.1. The minimum absolute atomic E-state index is 0. The normalized spacial score (nSPS) is 22.8. The first-order valence-electron chi connectivity index (χ1n) is 40.6. The SMILES string of the molecule is Cl.O=C1CCC(N2Cc3cc(N4CCN(CCC5CCN(c6ccc([C@@H]7c8ccc(O)cc8CC[C@@H]7c7ccccc7)cc6)CC5)CC4)ccc3C2=O)C(=O)N1.O=C1CCC(N2Cc3cc(N4CCNCC4)ccc3C2=O)C(=O)N1.O=CCC1CCN(c2ccc([C@@H]3c4ccc(O)cc4CC[C@@H]3c3ccccc3)cc2)CC1. The van der Waals surface area contributed by atoms with Gasteiger partial charge in [-0.1, -0.05) is 97.1 Å². The molecule has 112 heavy (non-hydrogen) atoms. The molecule has 0 aromatic heterocycles. The number of aldehydes is 1. The number of halogens is 1. The molecule has 6 fully saturated rings. The Morgan fingerprint density at radius 3 is 1.25 bits per heavy atom. The van der Waals surface area contributed by atoms with Crippen molar-refractivity contribution in [3.63, 3.8) is 0 Å². The summed E-state index contributed by atoms with van der Waals surface area (Å²) in [5.74, 6) is 1.90. The molecule has 0 saturated carbocycles. The Balaban J connectivity index is 0.000000147. The summed E-state index contributed by atoms with van der Waals surface area (Å²) in [5, 5.41) is 28.3. The van der Waals surface area contributed by atoms with E-state index in [-0.39, 0.29) is 72.5 Å². The van der Waals surface area contributed by atoms with Gasteiger partial charge >= 0.3 is 0 Å². The first kappa shape index (κ1) is 77.0. The van der Waals surface area contributed by atoms with E-state index in [1.807, 2.05) is 48.5 Å². The maximum Gasteiger partial charge on any atom is 0.255 e. The van der Waals surface area contributed by atoms with Gasteiger partial charge in [-0.3, -0.25) is 44.3 Å². The lowest BCUT2D eigenvalue weighted by Gasteiger charge is -2.38. The highest BCUT2D eigenvalue weighted by molar-refractivity contribution is 6.07. The Morgan fingerprint density at radius 2 is 0.812 bits per heavy atom. The first-order valence-corrected chi connectivity index (χ1v) is 40.6. The number of nitrogens with zero attached hydrogens (tertiary/aromatic N) is 7. The quantitative estimate of drug-likeness (QED) is 0.0476. The number of hydrogen-bond donors (Lipinski definition) is 5. The lowest BCUT2D eigenvalue weighted by Crippen LogP contribution is -2.52. The fourth-order valence-electron chi connectivity index (χ4n) is 19.4. The van der Waals surface area contributed by atoms with Gasteiger partial charge in [-0.2, -0.15) is 0 Å². The summed E-state index contributed by atoms with van der Waals surface area (Å²) in [7, 11) is 0. The predicted molar refractivity (Wildman–Crippen MR) is 439 cm³/mol. The van der Waals surface area contributed by atoms with Crippen molar-refractivity contribution in [3.8, 4) is 11.5 Å². The van der Waals surface area contributed by atoms with Gasteiger partial charge in [0.05, 0.1) is 0 Å². The summed E-state index contributed by atoms with van der Waals surface area (Å²) < 4.78 is 0. The molecule has 6 saturated heterocycles. The van der Waals surface area contributed by atoms with E-state index in [1.54, 1.807) is 9.80 Å². The van der Waals surface area contributed by atoms with E-state index in [0.29, 0.717) is 72.7 Å². The van der Waals surface area contributed by atoms with E-state index in [2.05, 4.69) is 174 Å². The minimum Gasteiger partial charge on any atom is -0.508 e. The number of anilines is 4. The molecule has 20 heteroatoms. The molecule has 18 rings (SSSR count). The van der Waals surface area contributed by atoms with Crippen molar-refractivity contribution in [2.75, 3.05) is 105 Å². The van der Waals surface area contributed by atoms with Crippen molar-refractivity contribution in [2.24, 2.45) is 11.8 Å². The van der Waals surface area contributed by atoms with Gasteiger partial charge in [0.25, 0.3) is 11.8 Å². The molecule has 0 bridgehead atoms. The third-order valence-electron chi connectivity index (χ3n) is 25.6. The summed E-state index contributed by atoms with van der Waals surface area (Å²) in [6.07, 6.45) is 13.1. The zero-order chi connectivity index (χ0) is 76.1. The molecule has 582 valence electrons. The molecular formula is C92H103ClN10O9. The number of carbonyl (C=O) groups excluding carboxylic acids is 7. The van der Waals surface area contributed by atoms with Gasteiger partial charge in [0, 0.05) is 157 Å². The molecule has 8 aromatic rings. The number of carbonyl (C=O) groups is 7. The number of phenols is 2. The molecule has 8 aromatic carbocycles. The van der Waals surface area contributed by atoms with E-state index in [1.165, 1.54) is 75.1 Å². The summed E-state index contributed by atoms with van der Waals surface area (Å²) in [6, 6.07) is 63.0. The van der Waals surface area contributed by atoms with Gasteiger partial charge in [0.15, 0.2) is 0 Å². The van der Waals surface area contributed by atoms with Gasteiger partial charge in [-0.15, -0.1) is 12.4 Å². The highest BCUT2D eigenvalue weighted by atomic mass is 35.5. The number of piperidine rings is 4. The van der Waals surface area contributed by atoms with Crippen molar-refractivity contribution in [2.45, 2.75) is 139 Å². The average molecular weight is 1530 g/mol. The third-order valence-corrected chi connectivity index (χ3v) is 25.6. The maximum atomic E-state index is 13.1. The Hall–Kier alpha value is -10.3. The molecule has 2 unspecified atom stereocenters. The number of hydrogen-bond acceptors (Lipinski definition) is 15. The van der Waals surface area contributed by atoms with E-state index < -0.39 is 12.1 Å². The van der Waals surface area contributed by atoms with E-state index >= 15 is 0 Å². The predicted octanol–water partition coefficient (Wildman–Crippen LogP) is 12.8. The van der Waals surface area contributed by atoms with Crippen LogP contribution in [-0.2, 0) is 49.9 Å². The second kappa shape index (κ2) is 34.7. The zero-order valence-corrected chi connectivity index (χ0v) is 64.6. The Bertz CT molecular complexity index is 4710. The highest BCUT2D eigenvalue weighted by Gasteiger charge is 2.42. The van der Waals surface area contributed by atoms with Crippen molar-refractivity contribution in [1.82, 2.24) is 30.7 Å². The third kappa shape index (κ3) is 16.9. The number of phenolic OH excluding ortho intramolecular Hbond substituents is 2. The summed E-state index contributed by atoms with van der Waals surface area (Å²) >= 11 is 0. The van der Waals surface area contributed by atoms with Crippen LogP contribution < -0.4 is 35.6 Å². The smallest absolute Gasteiger partial charge is 0.255 e. The molecule has 8 heterocycles. The Morgan fingerprint density at radius 1 is 0.393 bits per heavy atom. The molecule has 5 N–H and O–H groups in total. The van der Waals surface area contributed by atoms with Crippen LogP contribution in [0.4, 0.5) is 22.7 Å². The van der Waals surface area contributed by atoms with E-state index in [9.17, 15) is 43.8 Å². The number of aromatic hydroxyl groups is 2. The van der Waals surface area contributed by atoms with Gasteiger partial charge in [0.1, 0.15) is 29.9 Å². The molecule has 2 aliphatic carbocycles. The van der Waals surface area contributed by atoms with Gasteiger partial charge in [-0.05, 0) is 241 Å². The second-order valence-corrected chi connectivity index (χ2v) is 32.1. The number of imide groups is 2. The van der Waals surface area contributed by atoms with Crippen LogP contribution in [0.25, 0.3) is 0 Å². The van der Waals surface area contributed by atoms with Gasteiger partial charge in [0.2, 0.25) is 23.6 Å². The molecule has 19 nitrogen and oxygen atoms in total. The Kier molecular flexibility index (Phi) is 23.9. The van der Waals surface area contributed by atoms with Crippen molar-refractivity contribution < 1.29 is 43.8 Å². The lowest BCUT2D eigenvalue weighted by molar-refractivity contribution is -0.138. The fourth-order valence-corrected chi connectivity index (χ4v) is 19.4. The first-order chi connectivity index (χ1) is 54.2. The number of rotatable bonds is 15. The van der Waals surface area contributed by atoms with Crippen LogP contribution in [0.5, 0.6) is 11.5 Å². The van der Waals surface area contributed by atoms with Gasteiger partial charge < -0.3 is 49.7 Å². The monoisotopic (exact) mass is 1530 g/mol. The van der Waals surface area contributed by atoms with Crippen LogP contribution in [-0.4, -0.2) is 164 Å². The van der Waals surface area contributed by atoms with Crippen LogP contribution in [0.15, 0.2) is 182 Å². The zero-order valence-electron chi connectivity index (χ0n) is 63.8. The minimum atomic E-state index is -0.583. The van der Waals surface area contributed by atoms with Crippen molar-refractivity contribution in [1.29, 1.82) is 0 Å². The molecule has 6 amide bonds. The van der Waals surface area contributed by atoms with Crippen LogP contribution in [0.2, 0.25) is 0 Å². The average Bonchev–Trinajstić information content (AvgIpc) is 0.928. The van der Waals surface area contributed by atoms with Crippen LogP contribution >= 0.6 is 12.4 Å². The largest absolute Gasteiger partial charge is 0.508 e. The summed E-state index contributed by atoms with van der Waals surface area (Å²) in [5.41, 5.74) is 18.8. The maximum absolute atomic E-state index is 13.1. The highest BCUT2D eigenvalue weighted by Crippen LogP contribution is 2.50. The van der Waals surface area contributed by atoms with Gasteiger partial charge in [-0.25, -0.2) is 0 Å². The number of amides is 6. The fraction of sp³-hybridized carbons (Fsp3) is 0.402. The van der Waals surface area contributed by atoms with Crippen LogP contribution in [0.1, 0.15) is 177 Å². The van der Waals surface area contributed by atoms with Crippen LogP contribution in [0.3, 0.4) is 0 Å². The van der Waals surface area contributed by atoms with E-state index in [0.717, 1.165) is 158 Å². The van der Waals surface area contributed by atoms with Crippen LogP contribution in [0, 0.1) is 11.8 Å². The molecule has 0 spiro atoms. The topological polar surface area (TPSA) is 219 Å². The molecule has 0 radical (unpaired) electrons. The molecule has 8 aliphatic heterocycles. The van der Waals surface area contributed by atoms with Crippen molar-refractivity contribution in [3.05, 3.63) is 249 Å². The van der Waals surface area contributed by atoms with Crippen molar-refractivity contribution >= 4 is 76.9 Å². The molecular weight excluding hydrogens is 1420 g/mol. The lowest BCUT2D eigenvalue weighted by atomic mass is 9.69. The number of piperazine rings is 2. The van der Waals surface area contributed by atoms with E-state index in [4.69, 9.17) is 0 Å². The standard InChI is InChI=1S/C46H51N5O4.C29H31NO2.C17H20N4O3.ClH/c52-38-12-15-40-34(29-38)8-13-39(32-4-2-1-3-5-32)44(40)33-6-9-36(10-7-33)49-22-19-31(20-23-49)18-21-48-24-26-50(27-25-48)37-11-14-41-35(28-37)30-51(46(41)55)42-16-17-43(53)47-45(42)54;31-19-16-21-14-17-30(18-15-21)25-9-6-23(7-10-25)29-27(22-4-2-1-3-5-22)12-8-24-20-26(32)11-13-28(24)29;22-15-4-3-14(16(23)19-15)21-10-11-9-12(1-2-13(11)17(21)24)20-7-5-18-6-8-20;/h1-7,9-12,14-15,28-29,31,39,42,44,52H,8,13,16-27,30H2,(H,47,53,54);1-7,9-11,13,19-21,27,29,32H,8,12,14-18H2;1-2,9,14,18H,3-8,10H2,(H,19,22,23);1H/t39-,42?,44+;27-,29+;;/m11../s1. The summed E-state index contributed by atoms with van der Waals surface area (Å²) in [6.45, 7) is 14.0. The summed E-state index contributed by atoms with van der Waals surface area (Å²) in [4.78, 5) is 99.6. The number of nitrogens with one attached hydrogen (secondary N) is 3. The number of aryl methyl sites for hydroxylation is 2. The molecule has 6 atom stereocenters.